The highest BCUT2D eigenvalue weighted by Crippen LogP contribution is 2.28. The summed E-state index contributed by atoms with van der Waals surface area (Å²) in [4.78, 5) is 0. The van der Waals surface area contributed by atoms with Crippen LogP contribution in [-0.4, -0.2) is 33.5 Å². The molecule has 1 atom stereocenters. The first-order valence-electron chi connectivity index (χ1n) is 7.05. The molecule has 1 aromatic rings. The monoisotopic (exact) mass is 365 g/mol. The molecular formula is C15H22BrF2NO2. The third kappa shape index (κ3) is 5.98. The number of hydrogen-bond donors (Lipinski definition) is 1. The smallest absolute Gasteiger partial charge is 0.145 e. The Morgan fingerprint density at radius 2 is 2.00 bits per heavy atom. The lowest BCUT2D eigenvalue weighted by Crippen LogP contribution is -2.26. The number of rotatable bonds is 10. The Balaban J connectivity index is 2.75. The maximum atomic E-state index is 14.2. The molecule has 0 bridgehead atoms. The van der Waals surface area contributed by atoms with E-state index in [1.54, 1.807) is 7.11 Å². The summed E-state index contributed by atoms with van der Waals surface area (Å²) >= 11 is 3.10. The summed E-state index contributed by atoms with van der Waals surface area (Å²) in [7, 11) is 1.60. The lowest BCUT2D eigenvalue weighted by molar-refractivity contribution is 0.0654. The molecule has 1 aromatic carbocycles. The zero-order valence-electron chi connectivity index (χ0n) is 12.4. The fourth-order valence-corrected chi connectivity index (χ4v) is 2.32. The second-order valence-electron chi connectivity index (χ2n) is 4.66. The molecule has 120 valence electrons. The highest BCUT2D eigenvalue weighted by Gasteiger charge is 2.21. The van der Waals surface area contributed by atoms with Crippen LogP contribution < -0.4 is 5.32 Å². The second kappa shape index (κ2) is 10.2. The largest absolute Gasteiger partial charge is 0.382 e. The van der Waals surface area contributed by atoms with Gasteiger partial charge in [-0.25, -0.2) is 8.78 Å². The van der Waals surface area contributed by atoms with Crippen LogP contribution in [0.15, 0.2) is 16.6 Å². The van der Waals surface area contributed by atoms with Gasteiger partial charge in [-0.15, -0.1) is 0 Å². The molecule has 21 heavy (non-hydrogen) atoms. The van der Waals surface area contributed by atoms with Crippen LogP contribution in [0.5, 0.6) is 0 Å². The van der Waals surface area contributed by atoms with Gasteiger partial charge in [-0.3, -0.25) is 0 Å². The normalized spacial score (nSPS) is 12.6. The molecule has 0 aliphatic heterocycles. The van der Waals surface area contributed by atoms with E-state index in [0.29, 0.717) is 32.8 Å². The van der Waals surface area contributed by atoms with Crippen molar-refractivity contribution in [3.8, 4) is 0 Å². The van der Waals surface area contributed by atoms with E-state index in [9.17, 15) is 8.78 Å². The second-order valence-corrected chi connectivity index (χ2v) is 5.51. The molecular weight excluding hydrogens is 344 g/mol. The zero-order valence-corrected chi connectivity index (χ0v) is 14.0. The predicted molar refractivity (Wildman–Crippen MR) is 82.4 cm³/mol. The maximum absolute atomic E-state index is 14.2. The maximum Gasteiger partial charge on any atom is 0.145 e. The molecule has 0 spiro atoms. The SMILES string of the molecule is CCCNC(CCOCCOC)c1c(F)ccc(Br)c1F. The van der Waals surface area contributed by atoms with Crippen molar-refractivity contribution in [3.63, 3.8) is 0 Å². The van der Waals surface area contributed by atoms with Gasteiger partial charge in [0.15, 0.2) is 0 Å². The highest BCUT2D eigenvalue weighted by atomic mass is 79.9. The molecule has 0 aliphatic carbocycles. The summed E-state index contributed by atoms with van der Waals surface area (Å²) in [5, 5.41) is 3.17. The van der Waals surface area contributed by atoms with Crippen molar-refractivity contribution in [2.75, 3.05) is 33.5 Å². The van der Waals surface area contributed by atoms with Crippen molar-refractivity contribution >= 4 is 15.9 Å². The molecule has 3 nitrogen and oxygen atoms in total. The standard InChI is InChI=1S/C15H22BrF2NO2/c1-3-7-19-13(6-8-21-10-9-20-2)14-12(17)5-4-11(16)15(14)18/h4-5,13,19H,3,6-10H2,1-2H3. The first-order chi connectivity index (χ1) is 10.1. The fourth-order valence-electron chi connectivity index (χ4n) is 1.97. The number of ether oxygens (including phenoxy) is 2. The van der Waals surface area contributed by atoms with Crippen LogP contribution in [0.4, 0.5) is 8.78 Å². The van der Waals surface area contributed by atoms with Crippen molar-refractivity contribution in [3.05, 3.63) is 33.8 Å². The Labute approximate surface area is 133 Å². The fraction of sp³-hybridized carbons (Fsp3) is 0.600. The van der Waals surface area contributed by atoms with Crippen LogP contribution in [0.1, 0.15) is 31.4 Å². The Morgan fingerprint density at radius 1 is 1.24 bits per heavy atom. The third-order valence-corrected chi connectivity index (χ3v) is 3.66. The predicted octanol–water partition coefficient (Wildman–Crippen LogP) is 3.82. The summed E-state index contributed by atoms with van der Waals surface area (Å²) in [6.07, 6.45) is 1.38. The van der Waals surface area contributed by atoms with Crippen molar-refractivity contribution in [2.45, 2.75) is 25.8 Å². The zero-order chi connectivity index (χ0) is 15.7. The Bertz CT molecular complexity index is 432. The van der Waals surface area contributed by atoms with Gasteiger partial charge in [0.2, 0.25) is 0 Å². The summed E-state index contributed by atoms with van der Waals surface area (Å²) in [6.45, 7) is 4.09. The van der Waals surface area contributed by atoms with Gasteiger partial charge in [-0.1, -0.05) is 6.92 Å². The van der Waals surface area contributed by atoms with E-state index in [1.807, 2.05) is 6.92 Å². The van der Waals surface area contributed by atoms with Crippen molar-refractivity contribution in [1.82, 2.24) is 5.32 Å². The van der Waals surface area contributed by atoms with Gasteiger partial charge in [0.05, 0.1) is 17.7 Å². The lowest BCUT2D eigenvalue weighted by atomic mass is 10.0. The van der Waals surface area contributed by atoms with Crippen LogP contribution in [-0.2, 0) is 9.47 Å². The quantitative estimate of drug-likeness (QED) is 0.505. The molecule has 0 radical (unpaired) electrons. The third-order valence-electron chi connectivity index (χ3n) is 3.05. The molecule has 1 N–H and O–H groups in total. The van der Waals surface area contributed by atoms with Gasteiger partial charge >= 0.3 is 0 Å². The molecule has 0 amide bonds. The Hall–Kier alpha value is -0.560. The topological polar surface area (TPSA) is 30.5 Å². The van der Waals surface area contributed by atoms with Crippen LogP contribution in [0.3, 0.4) is 0 Å². The molecule has 0 saturated heterocycles. The number of hydrogen-bond acceptors (Lipinski definition) is 3. The summed E-state index contributed by atoms with van der Waals surface area (Å²) in [5.41, 5.74) is 0.0631. The molecule has 0 aromatic heterocycles. The summed E-state index contributed by atoms with van der Waals surface area (Å²) in [5.74, 6) is -1.10. The number of halogens is 3. The average molecular weight is 366 g/mol. The number of benzene rings is 1. The molecule has 1 unspecified atom stereocenters. The van der Waals surface area contributed by atoms with E-state index in [2.05, 4.69) is 21.2 Å². The van der Waals surface area contributed by atoms with Crippen LogP contribution in [0.2, 0.25) is 0 Å². The van der Waals surface area contributed by atoms with E-state index < -0.39 is 17.7 Å². The summed E-state index contributed by atoms with van der Waals surface area (Å²) in [6, 6.07) is 2.24. The molecule has 6 heteroatoms. The molecule has 1 rings (SSSR count). The summed E-state index contributed by atoms with van der Waals surface area (Å²) < 4.78 is 38.7. The minimum Gasteiger partial charge on any atom is -0.382 e. The van der Waals surface area contributed by atoms with E-state index >= 15 is 0 Å². The minimum atomic E-state index is -0.555. The van der Waals surface area contributed by atoms with Crippen molar-refractivity contribution < 1.29 is 18.3 Å². The van der Waals surface area contributed by atoms with Crippen molar-refractivity contribution in [2.24, 2.45) is 0 Å². The Morgan fingerprint density at radius 3 is 2.67 bits per heavy atom. The molecule has 0 aliphatic rings. The number of nitrogens with one attached hydrogen (secondary N) is 1. The lowest BCUT2D eigenvalue weighted by Gasteiger charge is -2.20. The van der Waals surface area contributed by atoms with Crippen LogP contribution >= 0.6 is 15.9 Å². The van der Waals surface area contributed by atoms with Gasteiger partial charge in [-0.05, 0) is 47.4 Å². The molecule has 0 saturated carbocycles. The van der Waals surface area contributed by atoms with E-state index in [4.69, 9.17) is 9.47 Å². The van der Waals surface area contributed by atoms with E-state index in [0.717, 1.165) is 6.42 Å². The first kappa shape index (κ1) is 18.5. The minimum absolute atomic E-state index is 0.0631. The average Bonchev–Trinajstić information content (AvgIpc) is 2.48. The number of methoxy groups -OCH3 is 1. The molecule has 0 fully saturated rings. The van der Waals surface area contributed by atoms with E-state index in [-0.39, 0.29) is 10.0 Å². The van der Waals surface area contributed by atoms with Gasteiger partial charge in [0.1, 0.15) is 11.6 Å². The van der Waals surface area contributed by atoms with Gasteiger partial charge in [0, 0.05) is 25.3 Å². The van der Waals surface area contributed by atoms with E-state index in [1.165, 1.54) is 12.1 Å². The van der Waals surface area contributed by atoms with Gasteiger partial charge < -0.3 is 14.8 Å². The molecule has 0 heterocycles. The van der Waals surface area contributed by atoms with Crippen LogP contribution in [0, 0.1) is 11.6 Å². The van der Waals surface area contributed by atoms with Gasteiger partial charge in [-0.2, -0.15) is 0 Å². The van der Waals surface area contributed by atoms with Crippen LogP contribution in [0.25, 0.3) is 0 Å². The van der Waals surface area contributed by atoms with Crippen molar-refractivity contribution in [1.29, 1.82) is 0 Å². The Kier molecular flexibility index (Phi) is 8.99. The highest BCUT2D eigenvalue weighted by molar-refractivity contribution is 9.10. The van der Waals surface area contributed by atoms with Gasteiger partial charge in [0.25, 0.3) is 0 Å². The first-order valence-corrected chi connectivity index (χ1v) is 7.84.